The summed E-state index contributed by atoms with van der Waals surface area (Å²) in [4.78, 5) is 0.233. The Morgan fingerprint density at radius 3 is 3.00 bits per heavy atom. The van der Waals surface area contributed by atoms with Crippen LogP contribution in [0.4, 0.5) is 0 Å². The van der Waals surface area contributed by atoms with Gasteiger partial charge in [-0.25, -0.2) is 8.42 Å². The van der Waals surface area contributed by atoms with Gasteiger partial charge in [0.05, 0.1) is 6.20 Å². The number of aromatic nitrogens is 2. The molecular weight excluding hydrogens is 216 g/mol. The van der Waals surface area contributed by atoms with Crippen molar-refractivity contribution < 1.29 is 8.42 Å². The first-order chi connectivity index (χ1) is 7.10. The van der Waals surface area contributed by atoms with Gasteiger partial charge >= 0.3 is 0 Å². The molecule has 0 aromatic carbocycles. The van der Waals surface area contributed by atoms with Crippen molar-refractivity contribution in [3.8, 4) is 0 Å². The van der Waals surface area contributed by atoms with Crippen molar-refractivity contribution >= 4 is 10.0 Å². The Morgan fingerprint density at radius 2 is 2.40 bits per heavy atom. The summed E-state index contributed by atoms with van der Waals surface area (Å²) in [6.45, 7) is 3.68. The number of aromatic amines is 1. The van der Waals surface area contributed by atoms with Crippen LogP contribution >= 0.6 is 0 Å². The minimum atomic E-state index is -3.35. The largest absolute Gasteiger partial charge is 0.312 e. The van der Waals surface area contributed by atoms with E-state index in [-0.39, 0.29) is 10.9 Å². The molecule has 1 saturated heterocycles. The van der Waals surface area contributed by atoms with Crippen LogP contribution in [0.3, 0.4) is 0 Å². The predicted molar refractivity (Wildman–Crippen MR) is 54.8 cm³/mol. The average Bonchev–Trinajstić information content (AvgIpc) is 2.71. The van der Waals surface area contributed by atoms with E-state index in [0.29, 0.717) is 19.6 Å². The standard InChI is InChI=1S/C8H14N4O2S/c1-7-6-12(3-2-9-7)15(13,14)8-4-10-11-5-8/h4-5,7,9H,2-3,6H2,1H3,(H,10,11). The second-order valence-corrected chi connectivity index (χ2v) is 5.59. The van der Waals surface area contributed by atoms with Gasteiger partial charge in [-0.2, -0.15) is 9.40 Å². The molecule has 2 rings (SSSR count). The van der Waals surface area contributed by atoms with E-state index in [2.05, 4.69) is 15.5 Å². The van der Waals surface area contributed by atoms with Gasteiger partial charge in [0, 0.05) is 31.9 Å². The molecule has 2 heterocycles. The topological polar surface area (TPSA) is 78.1 Å². The van der Waals surface area contributed by atoms with Crippen LogP contribution in [0.1, 0.15) is 6.92 Å². The molecule has 15 heavy (non-hydrogen) atoms. The molecule has 1 aromatic rings. The molecule has 1 aliphatic rings. The Bertz CT molecular complexity index is 414. The number of sulfonamides is 1. The van der Waals surface area contributed by atoms with Crippen molar-refractivity contribution in [1.29, 1.82) is 0 Å². The van der Waals surface area contributed by atoms with Crippen LogP contribution in [0, 0.1) is 0 Å². The van der Waals surface area contributed by atoms with Crippen LogP contribution < -0.4 is 5.32 Å². The van der Waals surface area contributed by atoms with Crippen LogP contribution in [-0.4, -0.2) is 48.6 Å². The number of rotatable bonds is 2. The number of nitrogens with one attached hydrogen (secondary N) is 2. The van der Waals surface area contributed by atoms with Crippen molar-refractivity contribution in [2.75, 3.05) is 19.6 Å². The maximum atomic E-state index is 12.0. The van der Waals surface area contributed by atoms with Gasteiger partial charge in [-0.1, -0.05) is 0 Å². The summed E-state index contributed by atoms with van der Waals surface area (Å²) in [6, 6.07) is 0.195. The third-order valence-corrected chi connectivity index (χ3v) is 4.27. The van der Waals surface area contributed by atoms with Gasteiger partial charge in [-0.05, 0) is 6.92 Å². The van der Waals surface area contributed by atoms with Gasteiger partial charge in [-0.15, -0.1) is 0 Å². The lowest BCUT2D eigenvalue weighted by Gasteiger charge is -2.30. The summed E-state index contributed by atoms with van der Waals surface area (Å²) in [7, 11) is -3.35. The SMILES string of the molecule is CC1CN(S(=O)(=O)c2cn[nH]c2)CCN1. The lowest BCUT2D eigenvalue weighted by molar-refractivity contribution is 0.310. The molecule has 0 amide bonds. The maximum absolute atomic E-state index is 12.0. The molecule has 6 nitrogen and oxygen atoms in total. The first-order valence-corrected chi connectivity index (χ1v) is 6.27. The van der Waals surface area contributed by atoms with E-state index in [4.69, 9.17) is 0 Å². The van der Waals surface area contributed by atoms with Crippen LogP contribution in [0.2, 0.25) is 0 Å². The highest BCUT2D eigenvalue weighted by molar-refractivity contribution is 7.89. The third kappa shape index (κ3) is 2.04. The molecule has 0 spiro atoms. The maximum Gasteiger partial charge on any atom is 0.246 e. The second kappa shape index (κ2) is 3.92. The summed E-state index contributed by atoms with van der Waals surface area (Å²) in [6.07, 6.45) is 2.74. The first kappa shape index (κ1) is 10.6. The van der Waals surface area contributed by atoms with Gasteiger partial charge in [0.15, 0.2) is 0 Å². The summed E-state index contributed by atoms with van der Waals surface area (Å²) >= 11 is 0. The van der Waals surface area contributed by atoms with E-state index in [1.54, 1.807) is 0 Å². The summed E-state index contributed by atoms with van der Waals surface area (Å²) < 4.78 is 25.5. The van der Waals surface area contributed by atoms with Crippen molar-refractivity contribution in [3.05, 3.63) is 12.4 Å². The lowest BCUT2D eigenvalue weighted by atomic mass is 10.3. The molecule has 2 N–H and O–H groups in total. The van der Waals surface area contributed by atoms with Crippen LogP contribution in [0.25, 0.3) is 0 Å². The van der Waals surface area contributed by atoms with E-state index in [9.17, 15) is 8.42 Å². The van der Waals surface area contributed by atoms with Crippen molar-refractivity contribution in [1.82, 2.24) is 19.8 Å². The lowest BCUT2D eigenvalue weighted by Crippen LogP contribution is -2.51. The first-order valence-electron chi connectivity index (χ1n) is 4.83. The Labute approximate surface area is 88.7 Å². The van der Waals surface area contributed by atoms with Gasteiger partial charge in [0.2, 0.25) is 10.0 Å². The zero-order chi connectivity index (χ0) is 10.9. The highest BCUT2D eigenvalue weighted by Gasteiger charge is 2.28. The molecule has 7 heteroatoms. The zero-order valence-electron chi connectivity index (χ0n) is 8.47. The molecule has 1 atom stereocenters. The van der Waals surface area contributed by atoms with Crippen LogP contribution in [-0.2, 0) is 10.0 Å². The summed E-state index contributed by atoms with van der Waals surface area (Å²) in [5.41, 5.74) is 0. The fourth-order valence-electron chi connectivity index (χ4n) is 1.64. The number of hydrogen-bond donors (Lipinski definition) is 2. The monoisotopic (exact) mass is 230 g/mol. The molecule has 0 radical (unpaired) electrons. The van der Waals surface area contributed by atoms with Crippen molar-refractivity contribution in [3.63, 3.8) is 0 Å². The minimum Gasteiger partial charge on any atom is -0.312 e. The van der Waals surface area contributed by atoms with Crippen molar-refractivity contribution in [2.24, 2.45) is 0 Å². The molecule has 0 bridgehead atoms. The summed E-state index contributed by atoms with van der Waals surface area (Å²) in [5, 5.41) is 9.37. The second-order valence-electron chi connectivity index (χ2n) is 3.65. The molecule has 84 valence electrons. The van der Waals surface area contributed by atoms with E-state index in [0.717, 1.165) is 0 Å². The molecule has 1 aliphatic heterocycles. The molecule has 0 aliphatic carbocycles. The molecule has 0 saturated carbocycles. The Hall–Kier alpha value is -0.920. The number of hydrogen-bond acceptors (Lipinski definition) is 4. The molecule has 1 unspecified atom stereocenters. The van der Waals surface area contributed by atoms with Gasteiger partial charge in [0.25, 0.3) is 0 Å². The fourth-order valence-corrected chi connectivity index (χ4v) is 3.08. The third-order valence-electron chi connectivity index (χ3n) is 2.44. The molecule has 1 aromatic heterocycles. The van der Waals surface area contributed by atoms with Gasteiger partial charge < -0.3 is 5.32 Å². The minimum absolute atomic E-state index is 0.195. The van der Waals surface area contributed by atoms with Gasteiger partial charge in [-0.3, -0.25) is 5.10 Å². The zero-order valence-corrected chi connectivity index (χ0v) is 9.29. The van der Waals surface area contributed by atoms with Crippen molar-refractivity contribution in [2.45, 2.75) is 17.9 Å². The fraction of sp³-hybridized carbons (Fsp3) is 0.625. The van der Waals surface area contributed by atoms with E-state index in [1.165, 1.54) is 16.7 Å². The Morgan fingerprint density at radius 1 is 1.60 bits per heavy atom. The average molecular weight is 230 g/mol. The quantitative estimate of drug-likeness (QED) is 0.710. The highest BCUT2D eigenvalue weighted by Crippen LogP contribution is 2.15. The van der Waals surface area contributed by atoms with Crippen LogP contribution in [0.5, 0.6) is 0 Å². The normalized spacial score (nSPS) is 24.2. The Kier molecular flexibility index (Phi) is 2.76. The van der Waals surface area contributed by atoms with Gasteiger partial charge in [0.1, 0.15) is 4.90 Å². The summed E-state index contributed by atoms with van der Waals surface area (Å²) in [5.74, 6) is 0. The number of H-pyrrole nitrogens is 1. The Balaban J connectivity index is 2.22. The predicted octanol–water partition coefficient (Wildman–Crippen LogP) is -0.608. The molecule has 1 fully saturated rings. The molecular formula is C8H14N4O2S. The number of nitrogens with zero attached hydrogens (tertiary/aromatic N) is 2. The van der Waals surface area contributed by atoms with E-state index in [1.807, 2.05) is 6.92 Å². The van der Waals surface area contributed by atoms with E-state index >= 15 is 0 Å². The van der Waals surface area contributed by atoms with Crippen LogP contribution in [0.15, 0.2) is 17.3 Å². The highest BCUT2D eigenvalue weighted by atomic mass is 32.2. The van der Waals surface area contributed by atoms with E-state index < -0.39 is 10.0 Å². The smallest absolute Gasteiger partial charge is 0.246 e. The number of piperazine rings is 1.